The number of nitrogens with zero attached hydrogens (tertiary/aromatic N) is 3. The van der Waals surface area contributed by atoms with Gasteiger partial charge in [-0.2, -0.15) is 0 Å². The normalized spacial score (nSPS) is 14.6. The molecule has 3 rings (SSSR count). The van der Waals surface area contributed by atoms with E-state index in [-0.39, 0.29) is 11.8 Å². The Bertz CT molecular complexity index is 759. The minimum absolute atomic E-state index is 0.0727. The first-order chi connectivity index (χ1) is 13.7. The van der Waals surface area contributed by atoms with Gasteiger partial charge in [0, 0.05) is 31.6 Å². The van der Waals surface area contributed by atoms with Gasteiger partial charge in [0.1, 0.15) is 5.01 Å². The summed E-state index contributed by atoms with van der Waals surface area (Å²) in [6.45, 7) is 3.93. The first-order valence-electron chi connectivity index (χ1n) is 9.88. The van der Waals surface area contributed by atoms with Crippen molar-refractivity contribution in [2.24, 2.45) is 0 Å². The third-order valence-electron chi connectivity index (χ3n) is 4.69. The smallest absolute Gasteiger partial charge is 0.286 e. The molecule has 1 aliphatic rings. The Morgan fingerprint density at radius 2 is 1.86 bits per heavy atom. The highest BCUT2D eigenvalue weighted by Gasteiger charge is 2.14. The Morgan fingerprint density at radius 1 is 1.07 bits per heavy atom. The number of carbonyl (C=O) groups excluding carboxylic acids is 2. The first-order valence-corrected chi connectivity index (χ1v) is 10.7. The van der Waals surface area contributed by atoms with E-state index in [1.165, 1.54) is 30.6 Å². The quantitative estimate of drug-likeness (QED) is 0.675. The first kappa shape index (κ1) is 20.4. The predicted molar refractivity (Wildman–Crippen MR) is 111 cm³/mol. The molecule has 1 aromatic carbocycles. The Morgan fingerprint density at radius 3 is 2.64 bits per heavy atom. The molecule has 1 aliphatic heterocycles. The van der Waals surface area contributed by atoms with Gasteiger partial charge in [-0.3, -0.25) is 9.59 Å². The van der Waals surface area contributed by atoms with Crippen LogP contribution in [0.2, 0.25) is 0 Å². The maximum absolute atomic E-state index is 12.2. The summed E-state index contributed by atoms with van der Waals surface area (Å²) in [5, 5.41) is 14.9. The molecular formula is C20H27N5O2S. The van der Waals surface area contributed by atoms with Crippen LogP contribution in [-0.4, -0.2) is 53.1 Å². The topological polar surface area (TPSA) is 87.2 Å². The number of carbonyl (C=O) groups is 2. The molecule has 8 heteroatoms. The highest BCUT2D eigenvalue weighted by atomic mass is 32.1. The molecule has 28 heavy (non-hydrogen) atoms. The lowest BCUT2D eigenvalue weighted by molar-refractivity contribution is -0.121. The number of aryl methyl sites for hydroxylation is 1. The molecule has 2 heterocycles. The molecule has 1 aromatic heterocycles. The van der Waals surface area contributed by atoms with Crippen LogP contribution >= 0.6 is 11.3 Å². The van der Waals surface area contributed by atoms with Crippen molar-refractivity contribution in [3.63, 3.8) is 0 Å². The average Bonchev–Trinajstić information content (AvgIpc) is 3.19. The highest BCUT2D eigenvalue weighted by Crippen LogP contribution is 2.15. The van der Waals surface area contributed by atoms with Crippen molar-refractivity contribution in [2.75, 3.05) is 31.5 Å². The zero-order chi connectivity index (χ0) is 19.6. The fourth-order valence-electron chi connectivity index (χ4n) is 3.18. The second-order valence-electron chi connectivity index (χ2n) is 6.93. The summed E-state index contributed by atoms with van der Waals surface area (Å²) in [7, 11) is 0. The summed E-state index contributed by atoms with van der Waals surface area (Å²) in [6.07, 6.45) is 5.66. The van der Waals surface area contributed by atoms with E-state index in [1.807, 2.05) is 30.3 Å². The molecule has 1 fully saturated rings. The summed E-state index contributed by atoms with van der Waals surface area (Å²) in [6, 6.07) is 9.26. The molecule has 1 saturated heterocycles. The van der Waals surface area contributed by atoms with E-state index in [9.17, 15) is 9.59 Å². The van der Waals surface area contributed by atoms with Gasteiger partial charge in [-0.15, -0.1) is 10.2 Å². The number of hydrogen-bond donors (Lipinski definition) is 2. The Balaban J connectivity index is 1.32. The van der Waals surface area contributed by atoms with Crippen molar-refractivity contribution in [1.82, 2.24) is 20.4 Å². The molecule has 150 valence electrons. The van der Waals surface area contributed by atoms with Crippen LogP contribution in [0, 0.1) is 0 Å². The number of rotatable bonds is 9. The van der Waals surface area contributed by atoms with E-state index in [2.05, 4.69) is 25.7 Å². The van der Waals surface area contributed by atoms with Gasteiger partial charge < -0.3 is 15.5 Å². The summed E-state index contributed by atoms with van der Waals surface area (Å²) in [5.41, 5.74) is 0.727. The van der Waals surface area contributed by atoms with Crippen LogP contribution in [0.15, 0.2) is 30.3 Å². The number of piperidine rings is 1. The summed E-state index contributed by atoms with van der Waals surface area (Å²) >= 11 is 1.28. The van der Waals surface area contributed by atoms with Crippen LogP contribution in [0.4, 0.5) is 5.69 Å². The summed E-state index contributed by atoms with van der Waals surface area (Å²) < 4.78 is 0. The van der Waals surface area contributed by atoms with Gasteiger partial charge in [0.2, 0.25) is 10.9 Å². The van der Waals surface area contributed by atoms with Crippen LogP contribution in [0.25, 0.3) is 0 Å². The van der Waals surface area contributed by atoms with Crippen molar-refractivity contribution < 1.29 is 9.59 Å². The van der Waals surface area contributed by atoms with Crippen LogP contribution in [-0.2, 0) is 11.2 Å². The number of benzene rings is 1. The third-order valence-corrected chi connectivity index (χ3v) is 5.67. The molecule has 2 amide bonds. The fourth-order valence-corrected chi connectivity index (χ4v) is 3.95. The van der Waals surface area contributed by atoms with Crippen LogP contribution < -0.4 is 10.6 Å². The largest absolute Gasteiger partial charge is 0.355 e. The average molecular weight is 402 g/mol. The van der Waals surface area contributed by atoms with E-state index in [4.69, 9.17) is 0 Å². The van der Waals surface area contributed by atoms with Crippen molar-refractivity contribution >= 4 is 28.8 Å². The molecular weight excluding hydrogens is 374 g/mol. The molecule has 0 bridgehead atoms. The molecule has 0 saturated carbocycles. The summed E-state index contributed by atoms with van der Waals surface area (Å²) in [4.78, 5) is 26.6. The maximum atomic E-state index is 12.2. The van der Waals surface area contributed by atoms with Crippen molar-refractivity contribution in [2.45, 2.75) is 38.5 Å². The lowest BCUT2D eigenvalue weighted by Crippen LogP contribution is -2.37. The van der Waals surface area contributed by atoms with Gasteiger partial charge in [-0.1, -0.05) is 36.0 Å². The Kier molecular flexibility index (Phi) is 7.93. The van der Waals surface area contributed by atoms with E-state index < -0.39 is 0 Å². The van der Waals surface area contributed by atoms with Gasteiger partial charge in [-0.25, -0.2) is 0 Å². The zero-order valence-corrected chi connectivity index (χ0v) is 16.8. The third kappa shape index (κ3) is 6.69. The zero-order valence-electron chi connectivity index (χ0n) is 16.0. The SMILES string of the molecule is O=C(CCCc1nnc(C(=O)Nc2ccccc2)s1)NCCN1CCCCC1. The number of anilines is 1. The van der Waals surface area contributed by atoms with Gasteiger partial charge >= 0.3 is 0 Å². The minimum Gasteiger partial charge on any atom is -0.355 e. The fraction of sp³-hybridized carbons (Fsp3) is 0.500. The number of hydrogen-bond acceptors (Lipinski definition) is 6. The van der Waals surface area contributed by atoms with E-state index in [0.29, 0.717) is 30.8 Å². The standard InChI is InChI=1S/C20H27N5O2S/c26-17(21-12-15-25-13-5-2-6-14-25)10-7-11-18-23-24-20(28-18)19(27)22-16-8-3-1-4-9-16/h1,3-4,8-9H,2,5-7,10-15H2,(H,21,26)(H,22,27). The molecule has 0 spiro atoms. The Hall–Kier alpha value is -2.32. The van der Waals surface area contributed by atoms with Crippen LogP contribution in [0.3, 0.4) is 0 Å². The van der Waals surface area contributed by atoms with Gasteiger partial charge in [0.05, 0.1) is 0 Å². The minimum atomic E-state index is -0.259. The Labute approximate surface area is 169 Å². The number of aromatic nitrogens is 2. The van der Waals surface area contributed by atoms with Gasteiger partial charge in [-0.05, 0) is 44.5 Å². The van der Waals surface area contributed by atoms with E-state index >= 15 is 0 Å². The van der Waals surface area contributed by atoms with E-state index in [0.717, 1.165) is 30.3 Å². The molecule has 2 N–H and O–H groups in total. The van der Waals surface area contributed by atoms with Gasteiger partial charge in [0.15, 0.2) is 0 Å². The molecule has 7 nitrogen and oxygen atoms in total. The molecule has 0 aliphatic carbocycles. The number of para-hydroxylation sites is 1. The maximum Gasteiger partial charge on any atom is 0.286 e. The van der Waals surface area contributed by atoms with Crippen molar-refractivity contribution in [3.05, 3.63) is 40.3 Å². The van der Waals surface area contributed by atoms with Crippen LogP contribution in [0.1, 0.15) is 46.9 Å². The van der Waals surface area contributed by atoms with Gasteiger partial charge in [0.25, 0.3) is 5.91 Å². The molecule has 0 unspecified atom stereocenters. The lowest BCUT2D eigenvalue weighted by Gasteiger charge is -2.26. The number of likely N-dealkylation sites (tertiary alicyclic amines) is 1. The number of amides is 2. The van der Waals surface area contributed by atoms with Crippen molar-refractivity contribution in [1.29, 1.82) is 0 Å². The van der Waals surface area contributed by atoms with Crippen LogP contribution in [0.5, 0.6) is 0 Å². The van der Waals surface area contributed by atoms with E-state index in [1.54, 1.807) is 0 Å². The molecule has 2 aromatic rings. The van der Waals surface area contributed by atoms with Crippen molar-refractivity contribution in [3.8, 4) is 0 Å². The highest BCUT2D eigenvalue weighted by molar-refractivity contribution is 7.13. The summed E-state index contributed by atoms with van der Waals surface area (Å²) in [5.74, 6) is -0.186. The lowest BCUT2D eigenvalue weighted by atomic mass is 10.1. The second kappa shape index (κ2) is 10.9. The second-order valence-corrected chi connectivity index (χ2v) is 7.99. The number of nitrogens with one attached hydrogen (secondary N) is 2. The molecule has 0 radical (unpaired) electrons. The molecule has 0 atom stereocenters. The monoisotopic (exact) mass is 401 g/mol. The predicted octanol–water partition coefficient (Wildman–Crippen LogP) is 2.72.